The molecule has 6 heteroatoms. The van der Waals surface area contributed by atoms with E-state index in [9.17, 15) is 9.65 Å². The first-order chi connectivity index (χ1) is 13.1. The molecule has 0 amide bonds. The van der Waals surface area contributed by atoms with Gasteiger partial charge in [-0.15, -0.1) is 0 Å². The van der Waals surface area contributed by atoms with Crippen LogP contribution in [0.15, 0.2) is 67.0 Å². The van der Waals surface area contributed by atoms with Gasteiger partial charge in [-0.3, -0.25) is 0 Å². The third-order valence-electron chi connectivity index (χ3n) is 4.18. The number of aromatic nitrogens is 2. The highest BCUT2D eigenvalue weighted by Gasteiger charge is 2.12. The summed E-state index contributed by atoms with van der Waals surface area (Å²) in [6.07, 6.45) is 3.40. The number of ether oxygens (including phenoxy) is 1. The molecule has 2 aromatic heterocycles. The number of hydrogen-bond donors (Lipinski definition) is 1. The van der Waals surface area contributed by atoms with Gasteiger partial charge in [0.2, 0.25) is 0 Å². The van der Waals surface area contributed by atoms with E-state index in [1.54, 1.807) is 35.0 Å². The number of anilines is 2. The SMILES string of the molecule is Cc1ccn2ncc(C#N)c(Nc3ccc(Oc4ccc(F)cc4)cc3)c12. The summed E-state index contributed by atoms with van der Waals surface area (Å²) in [5.74, 6) is 0.884. The molecule has 0 saturated heterocycles. The van der Waals surface area contributed by atoms with Gasteiger partial charge in [0.15, 0.2) is 0 Å². The van der Waals surface area contributed by atoms with Crippen molar-refractivity contribution >= 4 is 16.9 Å². The summed E-state index contributed by atoms with van der Waals surface area (Å²) in [6.45, 7) is 1.98. The molecule has 0 unspecified atom stereocenters. The fraction of sp³-hybridized carbons (Fsp3) is 0.0476. The summed E-state index contributed by atoms with van der Waals surface area (Å²) in [7, 11) is 0. The third-order valence-corrected chi connectivity index (χ3v) is 4.18. The number of fused-ring (bicyclic) bond motifs is 1. The van der Waals surface area contributed by atoms with Gasteiger partial charge in [0, 0.05) is 11.9 Å². The molecule has 0 aliphatic heterocycles. The first-order valence-electron chi connectivity index (χ1n) is 8.31. The van der Waals surface area contributed by atoms with Crippen LogP contribution in [0.2, 0.25) is 0 Å². The maximum absolute atomic E-state index is 13.0. The number of benzene rings is 2. The normalized spacial score (nSPS) is 10.6. The predicted octanol–water partition coefficient (Wildman–Crippen LogP) is 5.19. The van der Waals surface area contributed by atoms with Crippen LogP contribution in [-0.2, 0) is 0 Å². The van der Waals surface area contributed by atoms with Crippen molar-refractivity contribution in [2.45, 2.75) is 6.92 Å². The Morgan fingerprint density at radius 2 is 1.70 bits per heavy atom. The predicted molar refractivity (Wildman–Crippen MR) is 101 cm³/mol. The second-order valence-corrected chi connectivity index (χ2v) is 6.04. The minimum atomic E-state index is -0.306. The molecule has 0 atom stereocenters. The number of rotatable bonds is 4. The van der Waals surface area contributed by atoms with E-state index < -0.39 is 0 Å². The van der Waals surface area contributed by atoms with Crippen molar-refractivity contribution < 1.29 is 9.13 Å². The highest BCUT2D eigenvalue weighted by Crippen LogP contribution is 2.29. The standard InChI is InChI=1S/C21H15FN4O/c1-14-10-11-26-21(14)20(15(12-23)13-24-26)25-17-4-8-19(9-5-17)27-18-6-2-16(22)3-7-18/h2-11,13,25H,1H3. The lowest BCUT2D eigenvalue weighted by Gasteiger charge is -2.12. The van der Waals surface area contributed by atoms with E-state index in [0.717, 1.165) is 16.8 Å². The van der Waals surface area contributed by atoms with Gasteiger partial charge >= 0.3 is 0 Å². The summed E-state index contributed by atoms with van der Waals surface area (Å²) < 4.78 is 20.4. The fourth-order valence-electron chi connectivity index (χ4n) is 2.84. The molecule has 0 spiro atoms. The molecular formula is C21H15FN4O. The van der Waals surface area contributed by atoms with Crippen molar-refractivity contribution in [2.24, 2.45) is 0 Å². The molecule has 0 fully saturated rings. The van der Waals surface area contributed by atoms with Crippen LogP contribution in [0.3, 0.4) is 0 Å². The molecule has 0 aliphatic carbocycles. The van der Waals surface area contributed by atoms with E-state index in [2.05, 4.69) is 16.5 Å². The highest BCUT2D eigenvalue weighted by molar-refractivity contribution is 5.84. The fourth-order valence-corrected chi connectivity index (χ4v) is 2.84. The van der Waals surface area contributed by atoms with Crippen LogP contribution in [0.5, 0.6) is 11.5 Å². The average Bonchev–Trinajstić information content (AvgIpc) is 3.07. The molecular weight excluding hydrogens is 343 g/mol. The summed E-state index contributed by atoms with van der Waals surface area (Å²) >= 11 is 0. The van der Waals surface area contributed by atoms with Gasteiger partial charge in [-0.2, -0.15) is 10.4 Å². The van der Waals surface area contributed by atoms with E-state index in [0.29, 0.717) is 22.7 Å². The molecule has 0 aliphatic rings. The van der Waals surface area contributed by atoms with Crippen molar-refractivity contribution in [3.05, 3.63) is 83.9 Å². The summed E-state index contributed by atoms with van der Waals surface area (Å²) in [4.78, 5) is 0. The molecule has 2 heterocycles. The van der Waals surface area contributed by atoms with E-state index >= 15 is 0 Å². The number of nitriles is 1. The first-order valence-corrected chi connectivity index (χ1v) is 8.31. The van der Waals surface area contributed by atoms with Crippen molar-refractivity contribution in [3.8, 4) is 17.6 Å². The molecule has 0 saturated carbocycles. The van der Waals surface area contributed by atoms with Gasteiger partial charge in [-0.05, 0) is 67.1 Å². The molecule has 2 aromatic carbocycles. The van der Waals surface area contributed by atoms with E-state index in [4.69, 9.17) is 4.74 Å². The topological polar surface area (TPSA) is 62.4 Å². The van der Waals surface area contributed by atoms with Crippen molar-refractivity contribution in [3.63, 3.8) is 0 Å². The smallest absolute Gasteiger partial charge is 0.127 e. The van der Waals surface area contributed by atoms with Gasteiger partial charge in [0.1, 0.15) is 23.4 Å². The van der Waals surface area contributed by atoms with Crippen LogP contribution in [0, 0.1) is 24.1 Å². The summed E-state index contributed by atoms with van der Waals surface area (Å²) in [5, 5.41) is 17.0. The molecule has 132 valence electrons. The number of nitrogens with zero attached hydrogens (tertiary/aromatic N) is 3. The Morgan fingerprint density at radius 3 is 2.37 bits per heavy atom. The Labute approximate surface area is 155 Å². The summed E-state index contributed by atoms with van der Waals surface area (Å²) in [5.41, 5.74) is 3.88. The Morgan fingerprint density at radius 1 is 1.04 bits per heavy atom. The lowest BCUT2D eigenvalue weighted by Crippen LogP contribution is -2.00. The van der Waals surface area contributed by atoms with E-state index in [1.807, 2.05) is 31.3 Å². The van der Waals surface area contributed by atoms with Crippen molar-refractivity contribution in [1.29, 1.82) is 5.26 Å². The highest BCUT2D eigenvalue weighted by atomic mass is 19.1. The van der Waals surface area contributed by atoms with Crippen LogP contribution < -0.4 is 10.1 Å². The Balaban J connectivity index is 1.60. The van der Waals surface area contributed by atoms with Crippen molar-refractivity contribution in [2.75, 3.05) is 5.32 Å². The minimum Gasteiger partial charge on any atom is -0.457 e. The van der Waals surface area contributed by atoms with Crippen LogP contribution in [0.4, 0.5) is 15.8 Å². The zero-order valence-corrected chi connectivity index (χ0v) is 14.5. The molecule has 4 rings (SSSR count). The van der Waals surface area contributed by atoms with Gasteiger partial charge in [0.05, 0.1) is 23.0 Å². The molecule has 5 nitrogen and oxygen atoms in total. The summed E-state index contributed by atoms with van der Waals surface area (Å²) in [6, 6.07) is 17.3. The van der Waals surface area contributed by atoms with Crippen LogP contribution in [0.25, 0.3) is 5.52 Å². The minimum absolute atomic E-state index is 0.306. The van der Waals surface area contributed by atoms with Gasteiger partial charge < -0.3 is 10.1 Å². The van der Waals surface area contributed by atoms with Gasteiger partial charge in [0.25, 0.3) is 0 Å². The monoisotopic (exact) mass is 358 g/mol. The van der Waals surface area contributed by atoms with E-state index in [1.165, 1.54) is 12.1 Å². The van der Waals surface area contributed by atoms with Gasteiger partial charge in [-0.1, -0.05) is 0 Å². The molecule has 0 radical (unpaired) electrons. The van der Waals surface area contributed by atoms with Crippen LogP contribution >= 0.6 is 0 Å². The van der Waals surface area contributed by atoms with Crippen LogP contribution in [-0.4, -0.2) is 9.61 Å². The third kappa shape index (κ3) is 3.31. The second-order valence-electron chi connectivity index (χ2n) is 6.04. The average molecular weight is 358 g/mol. The second kappa shape index (κ2) is 6.81. The largest absolute Gasteiger partial charge is 0.457 e. The molecule has 0 bridgehead atoms. The van der Waals surface area contributed by atoms with Crippen LogP contribution in [0.1, 0.15) is 11.1 Å². The maximum atomic E-state index is 13.0. The Kier molecular flexibility index (Phi) is 4.19. The lowest BCUT2D eigenvalue weighted by molar-refractivity contribution is 0.480. The quantitative estimate of drug-likeness (QED) is 0.545. The number of halogens is 1. The zero-order valence-electron chi connectivity index (χ0n) is 14.5. The first kappa shape index (κ1) is 16.6. The number of aryl methyl sites for hydroxylation is 1. The number of nitrogens with one attached hydrogen (secondary N) is 1. The van der Waals surface area contributed by atoms with Gasteiger partial charge in [-0.25, -0.2) is 8.91 Å². The molecule has 27 heavy (non-hydrogen) atoms. The van der Waals surface area contributed by atoms with Crippen molar-refractivity contribution in [1.82, 2.24) is 9.61 Å². The maximum Gasteiger partial charge on any atom is 0.127 e. The van der Waals surface area contributed by atoms with E-state index in [-0.39, 0.29) is 5.82 Å². The zero-order chi connectivity index (χ0) is 18.8. The number of hydrogen-bond acceptors (Lipinski definition) is 4. The lowest BCUT2D eigenvalue weighted by atomic mass is 10.2. The molecule has 4 aromatic rings. The molecule has 1 N–H and O–H groups in total. The Bertz CT molecular complexity index is 1140. The Hall–Kier alpha value is -3.85.